The van der Waals surface area contributed by atoms with Crippen molar-refractivity contribution in [3.63, 3.8) is 0 Å². The molecule has 78 valence electrons. The zero-order chi connectivity index (χ0) is 10.3. The number of hydrogen-bond acceptors (Lipinski definition) is 4. The Labute approximate surface area is 88.8 Å². The summed E-state index contributed by atoms with van der Waals surface area (Å²) >= 11 is 1.26. The Balaban J connectivity index is 2.16. The fourth-order valence-electron chi connectivity index (χ4n) is 2.92. The van der Waals surface area contributed by atoms with Gasteiger partial charge in [-0.05, 0) is 42.9 Å². The molecule has 5 heteroatoms. The maximum atomic E-state index is 11.5. The number of thioether (sulfide) groups is 1. The predicted octanol–water partition coefficient (Wildman–Crippen LogP) is 1.41. The van der Waals surface area contributed by atoms with Crippen molar-refractivity contribution in [3.05, 3.63) is 0 Å². The van der Waals surface area contributed by atoms with Gasteiger partial charge in [-0.15, -0.1) is 0 Å². The third kappa shape index (κ3) is 1.66. The standard InChI is InChI=1S/C9H13NO2S2/c1-14(11,12)9-4-6-2-7(9)8(3-6)13-5-10/h6-9H,2-4H2,1H3. The number of nitriles is 1. The van der Waals surface area contributed by atoms with Gasteiger partial charge in [0.2, 0.25) is 0 Å². The van der Waals surface area contributed by atoms with Gasteiger partial charge < -0.3 is 0 Å². The molecule has 0 amide bonds. The van der Waals surface area contributed by atoms with Gasteiger partial charge in [-0.3, -0.25) is 0 Å². The Morgan fingerprint density at radius 1 is 1.36 bits per heavy atom. The zero-order valence-corrected chi connectivity index (χ0v) is 9.64. The fraction of sp³-hybridized carbons (Fsp3) is 0.889. The van der Waals surface area contributed by atoms with E-state index in [1.54, 1.807) is 0 Å². The molecule has 0 heterocycles. The van der Waals surface area contributed by atoms with E-state index in [1.165, 1.54) is 18.0 Å². The molecule has 4 unspecified atom stereocenters. The lowest BCUT2D eigenvalue weighted by Crippen LogP contribution is -2.32. The highest BCUT2D eigenvalue weighted by Crippen LogP contribution is 2.51. The highest BCUT2D eigenvalue weighted by molar-refractivity contribution is 8.04. The third-order valence-electron chi connectivity index (χ3n) is 3.45. The van der Waals surface area contributed by atoms with Crippen molar-refractivity contribution in [2.75, 3.05) is 6.26 Å². The average molecular weight is 231 g/mol. The molecule has 0 aliphatic heterocycles. The topological polar surface area (TPSA) is 57.9 Å². The van der Waals surface area contributed by atoms with E-state index in [2.05, 4.69) is 5.40 Å². The molecule has 3 nitrogen and oxygen atoms in total. The van der Waals surface area contributed by atoms with Crippen molar-refractivity contribution in [2.24, 2.45) is 11.8 Å². The number of fused-ring (bicyclic) bond motifs is 2. The normalized spacial score (nSPS) is 41.1. The quantitative estimate of drug-likeness (QED) is 0.674. The number of rotatable bonds is 2. The molecule has 2 bridgehead atoms. The van der Waals surface area contributed by atoms with Gasteiger partial charge in [0.05, 0.1) is 5.25 Å². The van der Waals surface area contributed by atoms with Crippen LogP contribution in [0.15, 0.2) is 0 Å². The van der Waals surface area contributed by atoms with Gasteiger partial charge in [0, 0.05) is 11.5 Å². The highest BCUT2D eigenvalue weighted by Gasteiger charge is 2.50. The zero-order valence-electron chi connectivity index (χ0n) is 8.01. The Morgan fingerprint density at radius 3 is 2.57 bits per heavy atom. The lowest BCUT2D eigenvalue weighted by atomic mass is 10.00. The summed E-state index contributed by atoms with van der Waals surface area (Å²) < 4.78 is 23.0. The largest absolute Gasteiger partial charge is 0.229 e. The van der Waals surface area contributed by atoms with Crippen LogP contribution in [0.4, 0.5) is 0 Å². The van der Waals surface area contributed by atoms with E-state index in [0.717, 1.165) is 19.3 Å². The van der Waals surface area contributed by atoms with Gasteiger partial charge in [-0.1, -0.05) is 0 Å². The van der Waals surface area contributed by atoms with E-state index in [0.29, 0.717) is 5.92 Å². The van der Waals surface area contributed by atoms with Gasteiger partial charge in [-0.25, -0.2) is 8.42 Å². The van der Waals surface area contributed by atoms with Gasteiger partial charge in [0.1, 0.15) is 5.40 Å². The molecule has 2 fully saturated rings. The van der Waals surface area contributed by atoms with E-state index in [4.69, 9.17) is 5.26 Å². The first kappa shape index (κ1) is 10.3. The molecule has 0 spiro atoms. The first-order chi connectivity index (χ1) is 6.52. The van der Waals surface area contributed by atoms with Crippen LogP contribution in [0.25, 0.3) is 0 Å². The Kier molecular flexibility index (Phi) is 2.52. The van der Waals surface area contributed by atoms with Gasteiger partial charge >= 0.3 is 0 Å². The number of hydrogen-bond donors (Lipinski definition) is 0. The van der Waals surface area contributed by atoms with Crippen molar-refractivity contribution in [1.29, 1.82) is 5.26 Å². The van der Waals surface area contributed by atoms with Crippen molar-refractivity contribution in [1.82, 2.24) is 0 Å². The molecule has 0 radical (unpaired) electrons. The molecule has 2 rings (SSSR count). The second-order valence-electron chi connectivity index (χ2n) is 4.35. The maximum absolute atomic E-state index is 11.5. The lowest BCUT2D eigenvalue weighted by molar-refractivity contribution is 0.477. The van der Waals surface area contributed by atoms with Crippen LogP contribution in [-0.4, -0.2) is 25.2 Å². The number of sulfone groups is 1. The molecule has 0 aromatic heterocycles. The SMILES string of the molecule is CS(=O)(=O)C1CC2CC(SC#N)C1C2. The molecule has 0 aromatic rings. The van der Waals surface area contributed by atoms with Crippen LogP contribution in [0, 0.1) is 22.5 Å². The average Bonchev–Trinajstić information content (AvgIpc) is 2.61. The first-order valence-corrected chi connectivity index (χ1v) is 7.59. The van der Waals surface area contributed by atoms with Crippen molar-refractivity contribution >= 4 is 21.6 Å². The highest BCUT2D eigenvalue weighted by atomic mass is 32.2. The molecule has 0 N–H and O–H groups in total. The van der Waals surface area contributed by atoms with Crippen LogP contribution in [-0.2, 0) is 9.84 Å². The molecule has 0 saturated heterocycles. The fourth-order valence-corrected chi connectivity index (χ4v) is 5.56. The molecule has 4 atom stereocenters. The minimum atomic E-state index is -2.91. The molecular formula is C9H13NO2S2. The van der Waals surface area contributed by atoms with Crippen molar-refractivity contribution < 1.29 is 8.42 Å². The lowest BCUT2D eigenvalue weighted by Gasteiger charge is -2.25. The summed E-state index contributed by atoms with van der Waals surface area (Å²) in [6, 6.07) is 0. The Bertz CT molecular complexity index is 371. The summed E-state index contributed by atoms with van der Waals surface area (Å²) in [5, 5.41) is 10.8. The summed E-state index contributed by atoms with van der Waals surface area (Å²) in [5.41, 5.74) is 0. The van der Waals surface area contributed by atoms with Crippen LogP contribution >= 0.6 is 11.8 Å². The van der Waals surface area contributed by atoms with E-state index in [1.807, 2.05) is 0 Å². The second kappa shape index (κ2) is 3.42. The molecule has 2 aliphatic rings. The maximum Gasteiger partial charge on any atom is 0.150 e. The summed E-state index contributed by atoms with van der Waals surface area (Å²) in [6.07, 6.45) is 4.20. The third-order valence-corrected chi connectivity index (χ3v) is 6.04. The Morgan fingerprint density at radius 2 is 2.07 bits per heavy atom. The van der Waals surface area contributed by atoms with Crippen LogP contribution in [0.1, 0.15) is 19.3 Å². The minimum Gasteiger partial charge on any atom is -0.229 e. The predicted molar refractivity (Wildman–Crippen MR) is 56.5 cm³/mol. The monoisotopic (exact) mass is 231 g/mol. The van der Waals surface area contributed by atoms with Crippen LogP contribution in [0.2, 0.25) is 0 Å². The molecule has 0 aromatic carbocycles. The molecule has 2 saturated carbocycles. The smallest absolute Gasteiger partial charge is 0.150 e. The van der Waals surface area contributed by atoms with Crippen molar-refractivity contribution in [3.8, 4) is 5.40 Å². The minimum absolute atomic E-state index is 0.174. The summed E-state index contributed by atoms with van der Waals surface area (Å²) in [6.45, 7) is 0. The van der Waals surface area contributed by atoms with E-state index in [-0.39, 0.29) is 16.4 Å². The summed E-state index contributed by atoms with van der Waals surface area (Å²) in [5.74, 6) is 0.783. The van der Waals surface area contributed by atoms with Crippen LogP contribution in [0.3, 0.4) is 0 Å². The molecule has 2 aliphatic carbocycles. The van der Waals surface area contributed by atoms with Gasteiger partial charge in [-0.2, -0.15) is 5.26 Å². The van der Waals surface area contributed by atoms with Crippen LogP contribution in [0.5, 0.6) is 0 Å². The number of thiocyanates is 1. The van der Waals surface area contributed by atoms with E-state index < -0.39 is 9.84 Å². The first-order valence-electron chi connectivity index (χ1n) is 4.76. The molecule has 14 heavy (non-hydrogen) atoms. The molecular weight excluding hydrogens is 218 g/mol. The van der Waals surface area contributed by atoms with Gasteiger partial charge in [0.15, 0.2) is 9.84 Å². The van der Waals surface area contributed by atoms with Crippen LogP contribution < -0.4 is 0 Å². The summed E-state index contributed by atoms with van der Waals surface area (Å²) in [4.78, 5) is 0. The van der Waals surface area contributed by atoms with Gasteiger partial charge in [0.25, 0.3) is 0 Å². The summed E-state index contributed by atoms with van der Waals surface area (Å²) in [7, 11) is -2.91. The Hall–Kier alpha value is -0.210. The van der Waals surface area contributed by atoms with Crippen molar-refractivity contribution in [2.45, 2.75) is 29.8 Å². The van der Waals surface area contributed by atoms with E-state index in [9.17, 15) is 8.42 Å². The van der Waals surface area contributed by atoms with E-state index >= 15 is 0 Å². The number of nitrogens with zero attached hydrogens (tertiary/aromatic N) is 1. The second-order valence-corrected chi connectivity index (χ2v) is 7.64.